The lowest BCUT2D eigenvalue weighted by Crippen LogP contribution is -2.65. The van der Waals surface area contributed by atoms with Crippen molar-refractivity contribution in [1.82, 2.24) is 5.32 Å². The van der Waals surface area contributed by atoms with Gasteiger partial charge >= 0.3 is 13.1 Å². The quantitative estimate of drug-likeness (QED) is 0.631. The largest absolute Gasteiger partial charge is 0.501 e. The molecule has 3 aliphatic carbocycles. The zero-order chi connectivity index (χ0) is 17.1. The minimum atomic E-state index is -0.425. The first-order valence-corrected chi connectivity index (χ1v) is 9.63. The Labute approximate surface area is 145 Å². The van der Waals surface area contributed by atoms with Crippen LogP contribution >= 0.6 is 0 Å². The van der Waals surface area contributed by atoms with Crippen molar-refractivity contribution in [2.45, 2.75) is 83.5 Å². The first kappa shape index (κ1) is 16.9. The minimum Gasteiger partial charge on any atom is -0.464 e. The van der Waals surface area contributed by atoms with Gasteiger partial charge in [-0.25, -0.2) is 0 Å². The molecule has 6 atom stereocenters. The maximum absolute atomic E-state index is 12.3. The fraction of sp³-hybridized carbons (Fsp3) is 0.944. The summed E-state index contributed by atoms with van der Waals surface area (Å²) in [5.74, 6) is 1.10. The molecule has 0 aromatic carbocycles. The Kier molecular flexibility index (Phi) is 4.01. The molecule has 6 heteroatoms. The Balaban J connectivity index is 1.44. The molecule has 0 amide bonds. The van der Waals surface area contributed by atoms with Crippen molar-refractivity contribution in [3.05, 3.63) is 0 Å². The highest BCUT2D eigenvalue weighted by Crippen LogP contribution is 2.65. The van der Waals surface area contributed by atoms with Crippen LogP contribution in [0.1, 0.15) is 59.8 Å². The normalized spacial score (nSPS) is 43.9. The Hall–Kier alpha value is -0.585. The molecule has 5 unspecified atom stereocenters. The van der Waals surface area contributed by atoms with Crippen LogP contribution in [0.4, 0.5) is 0 Å². The van der Waals surface area contributed by atoms with E-state index in [2.05, 4.69) is 26.1 Å². The van der Waals surface area contributed by atoms with Crippen LogP contribution in [0.15, 0.2) is 0 Å². The standard InChI is InChI=1S/C18H30BNO4/c1-5-15(22-16(21)12-7-6-8-20-12)19-23-14-10-11-9-13(17(11,2)3)18(14,4)24-19/h11-15,20H,5-10H2,1-4H3/t11?,12?,13?,14?,15?,18-/m0/s1. The average Bonchev–Trinajstić information content (AvgIpc) is 3.18. The van der Waals surface area contributed by atoms with E-state index in [1.807, 2.05) is 6.92 Å². The fourth-order valence-electron chi connectivity index (χ4n) is 5.51. The van der Waals surface area contributed by atoms with Crippen molar-refractivity contribution in [2.75, 3.05) is 6.54 Å². The molecule has 0 aromatic rings. The molecule has 5 fully saturated rings. The second-order valence-corrected chi connectivity index (χ2v) is 8.87. The Morgan fingerprint density at radius 1 is 1.38 bits per heavy atom. The van der Waals surface area contributed by atoms with Crippen molar-refractivity contribution in [2.24, 2.45) is 17.3 Å². The van der Waals surface area contributed by atoms with Gasteiger partial charge in [-0.05, 0) is 62.8 Å². The van der Waals surface area contributed by atoms with Crippen molar-refractivity contribution >= 4 is 13.1 Å². The van der Waals surface area contributed by atoms with E-state index in [0.717, 1.165) is 31.7 Å². The summed E-state index contributed by atoms with van der Waals surface area (Å²) in [6, 6.07) is -0.479. The lowest BCUT2D eigenvalue weighted by Gasteiger charge is -2.64. The molecule has 5 nitrogen and oxygen atoms in total. The Bertz CT molecular complexity index is 521. The molecule has 0 aromatic heterocycles. The van der Waals surface area contributed by atoms with Crippen LogP contribution < -0.4 is 5.32 Å². The maximum Gasteiger partial charge on any atom is 0.501 e. The Morgan fingerprint density at radius 3 is 2.79 bits per heavy atom. The van der Waals surface area contributed by atoms with E-state index >= 15 is 0 Å². The van der Waals surface area contributed by atoms with Gasteiger partial charge < -0.3 is 19.4 Å². The van der Waals surface area contributed by atoms with E-state index in [1.54, 1.807) is 0 Å². The van der Waals surface area contributed by atoms with Gasteiger partial charge in [-0.15, -0.1) is 0 Å². The van der Waals surface area contributed by atoms with Crippen LogP contribution in [0.5, 0.6) is 0 Å². The molecule has 5 aliphatic rings. The summed E-state index contributed by atoms with van der Waals surface area (Å²) in [4.78, 5) is 12.3. The molecule has 5 rings (SSSR count). The van der Waals surface area contributed by atoms with Crippen molar-refractivity contribution in [3.63, 3.8) is 0 Å². The van der Waals surface area contributed by atoms with Crippen LogP contribution in [0, 0.1) is 17.3 Å². The summed E-state index contributed by atoms with van der Waals surface area (Å²) >= 11 is 0. The zero-order valence-electron chi connectivity index (χ0n) is 15.3. The molecule has 2 heterocycles. The van der Waals surface area contributed by atoms with Crippen LogP contribution in [-0.2, 0) is 18.8 Å². The molecule has 24 heavy (non-hydrogen) atoms. The van der Waals surface area contributed by atoms with Gasteiger partial charge in [-0.2, -0.15) is 0 Å². The van der Waals surface area contributed by atoms with Crippen LogP contribution in [-0.4, -0.2) is 43.4 Å². The smallest absolute Gasteiger partial charge is 0.464 e. The summed E-state index contributed by atoms with van der Waals surface area (Å²) in [7, 11) is -0.425. The SMILES string of the molecule is CCC(OC(=O)C1CCCN1)B1OC2CC3CC(C3(C)C)[C@]2(C)O1. The highest BCUT2D eigenvalue weighted by Gasteiger charge is 2.68. The molecule has 134 valence electrons. The molecule has 0 radical (unpaired) electrons. The summed E-state index contributed by atoms with van der Waals surface area (Å²) in [5.41, 5.74) is 0.0873. The number of hydrogen-bond donors (Lipinski definition) is 1. The number of ether oxygens (including phenoxy) is 1. The number of carbonyl (C=O) groups excluding carboxylic acids is 1. The molecular weight excluding hydrogens is 305 g/mol. The van der Waals surface area contributed by atoms with E-state index < -0.39 is 7.12 Å². The third kappa shape index (κ3) is 2.37. The van der Waals surface area contributed by atoms with Gasteiger partial charge in [-0.1, -0.05) is 20.8 Å². The number of esters is 1. The fourth-order valence-corrected chi connectivity index (χ4v) is 5.51. The Morgan fingerprint density at radius 2 is 2.17 bits per heavy atom. The first-order valence-electron chi connectivity index (χ1n) is 9.63. The van der Waals surface area contributed by atoms with Crippen LogP contribution in [0.25, 0.3) is 0 Å². The molecule has 1 N–H and O–H groups in total. The van der Waals surface area contributed by atoms with Crippen LogP contribution in [0.2, 0.25) is 0 Å². The van der Waals surface area contributed by atoms with Gasteiger partial charge in [0.2, 0.25) is 0 Å². The van der Waals surface area contributed by atoms with Gasteiger partial charge in [-0.3, -0.25) is 4.79 Å². The average molecular weight is 335 g/mol. The molecule has 2 aliphatic heterocycles. The van der Waals surface area contributed by atoms with Crippen molar-refractivity contribution in [1.29, 1.82) is 0 Å². The maximum atomic E-state index is 12.3. The number of rotatable bonds is 4. The number of carbonyl (C=O) groups is 1. The highest BCUT2D eigenvalue weighted by atomic mass is 16.7. The van der Waals surface area contributed by atoms with Crippen molar-refractivity contribution < 1.29 is 18.8 Å². The van der Waals surface area contributed by atoms with Crippen molar-refractivity contribution in [3.8, 4) is 0 Å². The molecule has 2 saturated heterocycles. The van der Waals surface area contributed by atoms with Gasteiger partial charge in [0.1, 0.15) is 12.0 Å². The predicted molar refractivity (Wildman–Crippen MR) is 91.3 cm³/mol. The van der Waals surface area contributed by atoms with Gasteiger partial charge in [0.05, 0.1) is 11.7 Å². The van der Waals surface area contributed by atoms with Gasteiger partial charge in [0.15, 0.2) is 0 Å². The van der Waals surface area contributed by atoms with E-state index in [0.29, 0.717) is 17.8 Å². The summed E-state index contributed by atoms with van der Waals surface area (Å²) in [6.07, 6.45) is 5.04. The summed E-state index contributed by atoms with van der Waals surface area (Å²) in [6.45, 7) is 9.83. The zero-order valence-corrected chi connectivity index (χ0v) is 15.3. The summed E-state index contributed by atoms with van der Waals surface area (Å²) < 4.78 is 18.5. The third-order valence-corrected chi connectivity index (χ3v) is 7.29. The lowest BCUT2D eigenvalue weighted by atomic mass is 9.43. The molecule has 2 bridgehead atoms. The van der Waals surface area contributed by atoms with E-state index in [4.69, 9.17) is 14.0 Å². The predicted octanol–water partition coefficient (Wildman–Crippen LogP) is 2.33. The molecule has 0 spiro atoms. The van der Waals surface area contributed by atoms with Gasteiger partial charge in [0.25, 0.3) is 0 Å². The second kappa shape index (κ2) is 5.71. The second-order valence-electron chi connectivity index (χ2n) is 8.87. The monoisotopic (exact) mass is 335 g/mol. The lowest BCUT2D eigenvalue weighted by molar-refractivity contribution is -0.199. The first-order chi connectivity index (χ1) is 11.4. The van der Waals surface area contributed by atoms with E-state index in [9.17, 15) is 4.79 Å². The molecule has 3 saturated carbocycles. The topological polar surface area (TPSA) is 56.8 Å². The number of hydrogen-bond acceptors (Lipinski definition) is 5. The minimum absolute atomic E-state index is 0.136. The summed E-state index contributed by atoms with van der Waals surface area (Å²) in [5, 5.41) is 3.20. The van der Waals surface area contributed by atoms with Crippen LogP contribution in [0.3, 0.4) is 0 Å². The highest BCUT2D eigenvalue weighted by molar-refractivity contribution is 6.47. The van der Waals surface area contributed by atoms with Gasteiger partial charge in [0, 0.05) is 0 Å². The van der Waals surface area contributed by atoms with E-state index in [-0.39, 0.29) is 29.7 Å². The number of nitrogens with one attached hydrogen (secondary N) is 1. The van der Waals surface area contributed by atoms with E-state index in [1.165, 1.54) is 6.42 Å². The molecular formula is C18H30BNO4. The third-order valence-electron chi connectivity index (χ3n) is 7.29.